The van der Waals surface area contributed by atoms with Gasteiger partial charge in [0.1, 0.15) is 24.4 Å². The lowest BCUT2D eigenvalue weighted by Gasteiger charge is -2.45. The molecule has 1 aromatic carbocycles. The van der Waals surface area contributed by atoms with Gasteiger partial charge in [-0.3, -0.25) is 4.79 Å². The third-order valence-electron chi connectivity index (χ3n) is 4.32. The van der Waals surface area contributed by atoms with Gasteiger partial charge in [0.05, 0.1) is 24.8 Å². The van der Waals surface area contributed by atoms with Crippen molar-refractivity contribution in [3.63, 3.8) is 0 Å². The van der Waals surface area contributed by atoms with Crippen molar-refractivity contribution in [2.45, 2.75) is 36.9 Å². The zero-order valence-corrected chi connectivity index (χ0v) is 14.4. The highest BCUT2D eigenvalue weighted by Gasteiger charge is 2.46. The van der Waals surface area contributed by atoms with E-state index >= 15 is 0 Å². The van der Waals surface area contributed by atoms with Gasteiger partial charge >= 0.3 is 5.97 Å². The Balaban J connectivity index is 2.32. The molecule has 5 atom stereocenters. The number of carboxylic acids is 1. The van der Waals surface area contributed by atoms with Crippen LogP contribution in [-0.2, 0) is 9.53 Å². The Morgan fingerprint density at radius 1 is 1.18 bits per heavy atom. The van der Waals surface area contributed by atoms with Crippen LogP contribution in [0.15, 0.2) is 18.3 Å². The van der Waals surface area contributed by atoms with E-state index in [0.717, 1.165) is 6.20 Å². The Morgan fingerprint density at radius 2 is 1.71 bits per heavy atom. The number of carboxylic acid groups (broad SMARTS) is 1. The predicted octanol–water partition coefficient (Wildman–Crippen LogP) is -1.14. The Labute approximate surface area is 157 Å². The van der Waals surface area contributed by atoms with Crippen LogP contribution in [0.3, 0.4) is 0 Å². The standard InChI is InChI=1S/C16H20F3N3O6/c17-7-1-6(2-8(18)13(7)19)9(20)4-22(21)14-15(26)10(3-12(24)25)28-11(5-23)16(14)27/h1-2,4,10-11,14-16,23,26-27H,3,5,20-21H2,(H,24,25)/b9-4-. The highest BCUT2D eigenvalue weighted by atomic mass is 19.2. The van der Waals surface area contributed by atoms with Crippen molar-refractivity contribution < 1.29 is 43.1 Å². The molecule has 0 spiro atoms. The number of halogens is 3. The number of benzene rings is 1. The van der Waals surface area contributed by atoms with Crippen LogP contribution in [0.1, 0.15) is 12.0 Å². The monoisotopic (exact) mass is 407 g/mol. The molecule has 0 aromatic heterocycles. The van der Waals surface area contributed by atoms with Gasteiger partial charge in [-0.05, 0) is 12.1 Å². The van der Waals surface area contributed by atoms with Crippen LogP contribution in [0.4, 0.5) is 13.2 Å². The van der Waals surface area contributed by atoms with Crippen molar-refractivity contribution >= 4 is 11.7 Å². The summed E-state index contributed by atoms with van der Waals surface area (Å²) in [7, 11) is 0. The van der Waals surface area contributed by atoms with Gasteiger partial charge in [-0.2, -0.15) is 0 Å². The number of rotatable bonds is 6. The van der Waals surface area contributed by atoms with E-state index in [-0.39, 0.29) is 11.3 Å². The van der Waals surface area contributed by atoms with E-state index in [4.69, 9.17) is 21.4 Å². The number of carbonyl (C=O) groups is 1. The molecule has 1 aliphatic rings. The average Bonchev–Trinajstić information content (AvgIpc) is 2.61. The van der Waals surface area contributed by atoms with Gasteiger partial charge in [-0.25, -0.2) is 19.0 Å². The number of hydrazine groups is 1. The van der Waals surface area contributed by atoms with Gasteiger partial charge in [-0.1, -0.05) is 0 Å². The zero-order chi connectivity index (χ0) is 21.2. The summed E-state index contributed by atoms with van der Waals surface area (Å²) in [6.07, 6.45) is -5.43. The molecule has 0 saturated carbocycles. The maximum atomic E-state index is 13.4. The van der Waals surface area contributed by atoms with Gasteiger partial charge < -0.3 is 35.9 Å². The summed E-state index contributed by atoms with van der Waals surface area (Å²) < 4.78 is 45.0. The molecule has 1 fully saturated rings. The number of aliphatic hydroxyl groups excluding tert-OH is 3. The lowest BCUT2D eigenvalue weighted by Crippen LogP contribution is -2.65. The molecule has 156 valence electrons. The molecular formula is C16H20F3N3O6. The van der Waals surface area contributed by atoms with E-state index < -0.39 is 66.9 Å². The van der Waals surface area contributed by atoms with Crippen molar-refractivity contribution in [2.75, 3.05) is 6.61 Å². The molecule has 12 heteroatoms. The first-order chi connectivity index (χ1) is 13.1. The van der Waals surface area contributed by atoms with Crippen LogP contribution in [0.5, 0.6) is 0 Å². The fraction of sp³-hybridized carbons (Fsp3) is 0.438. The second kappa shape index (κ2) is 8.75. The molecule has 8 N–H and O–H groups in total. The molecule has 0 bridgehead atoms. The molecule has 1 saturated heterocycles. The zero-order valence-electron chi connectivity index (χ0n) is 14.4. The molecule has 0 aliphatic carbocycles. The van der Waals surface area contributed by atoms with E-state index in [1.54, 1.807) is 0 Å². The van der Waals surface area contributed by atoms with Crippen LogP contribution in [-0.4, -0.2) is 68.5 Å². The lowest BCUT2D eigenvalue weighted by atomic mass is 9.90. The number of nitrogens with zero attached hydrogens (tertiary/aromatic N) is 1. The highest BCUT2D eigenvalue weighted by molar-refractivity contribution is 5.67. The summed E-state index contributed by atoms with van der Waals surface area (Å²) in [6.45, 7) is -0.693. The van der Waals surface area contributed by atoms with Crippen LogP contribution >= 0.6 is 0 Å². The quantitative estimate of drug-likeness (QED) is 0.194. The SMILES string of the molecule is N/C(=C\N(N)C1C(O)C(CO)OC(CC(=O)O)C1O)c1cc(F)c(F)c(F)c1. The fourth-order valence-electron chi connectivity index (χ4n) is 2.92. The van der Waals surface area contributed by atoms with Crippen LogP contribution < -0.4 is 11.6 Å². The Bertz CT molecular complexity index is 742. The summed E-state index contributed by atoms with van der Waals surface area (Å²) in [4.78, 5) is 10.9. The molecule has 1 heterocycles. The first-order valence-electron chi connectivity index (χ1n) is 8.06. The Morgan fingerprint density at radius 3 is 2.21 bits per heavy atom. The van der Waals surface area contributed by atoms with E-state index in [1.807, 2.05) is 0 Å². The molecule has 28 heavy (non-hydrogen) atoms. The molecule has 0 radical (unpaired) electrons. The smallest absolute Gasteiger partial charge is 0.306 e. The summed E-state index contributed by atoms with van der Waals surface area (Å²) in [5.74, 6) is -0.154. The molecule has 1 aliphatic heterocycles. The minimum Gasteiger partial charge on any atom is -0.481 e. The van der Waals surface area contributed by atoms with Crippen molar-refractivity contribution in [1.82, 2.24) is 5.01 Å². The van der Waals surface area contributed by atoms with Crippen molar-refractivity contribution in [3.8, 4) is 0 Å². The van der Waals surface area contributed by atoms with Gasteiger partial charge in [0, 0.05) is 11.8 Å². The van der Waals surface area contributed by atoms with Gasteiger partial charge in [0.2, 0.25) is 0 Å². The minimum absolute atomic E-state index is 0.260. The normalized spacial score (nSPS) is 28.2. The number of nitrogens with two attached hydrogens (primary N) is 2. The first kappa shape index (κ1) is 21.9. The largest absolute Gasteiger partial charge is 0.481 e. The molecule has 1 aromatic rings. The van der Waals surface area contributed by atoms with E-state index in [9.17, 15) is 33.3 Å². The summed E-state index contributed by atoms with van der Waals surface area (Å²) >= 11 is 0. The maximum Gasteiger partial charge on any atom is 0.306 e. The van der Waals surface area contributed by atoms with E-state index in [2.05, 4.69) is 0 Å². The average molecular weight is 407 g/mol. The topological polar surface area (TPSA) is 162 Å². The highest BCUT2D eigenvalue weighted by Crippen LogP contribution is 2.27. The summed E-state index contributed by atoms with van der Waals surface area (Å²) in [6, 6.07) is -0.124. The second-order valence-corrected chi connectivity index (χ2v) is 6.25. The number of hydrogen-bond acceptors (Lipinski definition) is 8. The third kappa shape index (κ3) is 4.54. The van der Waals surface area contributed by atoms with E-state index in [1.165, 1.54) is 0 Å². The predicted molar refractivity (Wildman–Crippen MR) is 88.3 cm³/mol. The summed E-state index contributed by atoms with van der Waals surface area (Å²) in [5.41, 5.74) is 5.12. The van der Waals surface area contributed by atoms with Gasteiger partial charge in [0.25, 0.3) is 0 Å². The minimum atomic E-state index is -1.68. The van der Waals surface area contributed by atoms with Gasteiger partial charge in [-0.15, -0.1) is 0 Å². The number of aliphatic hydroxyl groups is 3. The molecule has 2 rings (SSSR count). The first-order valence-corrected chi connectivity index (χ1v) is 8.06. The fourth-order valence-corrected chi connectivity index (χ4v) is 2.92. The Hall–Kier alpha value is -2.38. The number of ether oxygens (including phenoxy) is 1. The van der Waals surface area contributed by atoms with Crippen LogP contribution in [0, 0.1) is 17.5 Å². The third-order valence-corrected chi connectivity index (χ3v) is 4.32. The van der Waals surface area contributed by atoms with Gasteiger partial charge in [0.15, 0.2) is 17.5 Å². The van der Waals surface area contributed by atoms with Crippen molar-refractivity contribution in [3.05, 3.63) is 41.3 Å². The number of hydrogen-bond donors (Lipinski definition) is 6. The second-order valence-electron chi connectivity index (χ2n) is 6.25. The number of aliphatic carboxylic acids is 1. The van der Waals surface area contributed by atoms with E-state index in [0.29, 0.717) is 17.1 Å². The van der Waals surface area contributed by atoms with Crippen LogP contribution in [0.25, 0.3) is 5.70 Å². The molecule has 5 unspecified atom stereocenters. The molecule has 0 amide bonds. The summed E-state index contributed by atoms with van der Waals surface area (Å²) in [5, 5.41) is 39.6. The maximum absolute atomic E-state index is 13.4. The molecule has 9 nitrogen and oxygen atoms in total. The van der Waals surface area contributed by atoms with Crippen LogP contribution in [0.2, 0.25) is 0 Å². The Kier molecular flexibility index (Phi) is 6.85. The molecular weight excluding hydrogens is 387 g/mol. The van der Waals surface area contributed by atoms with Crippen molar-refractivity contribution in [1.29, 1.82) is 0 Å². The lowest BCUT2D eigenvalue weighted by molar-refractivity contribution is -0.213. The van der Waals surface area contributed by atoms with Crippen molar-refractivity contribution in [2.24, 2.45) is 11.6 Å².